The lowest BCUT2D eigenvalue weighted by Gasteiger charge is -2.12. The van der Waals surface area contributed by atoms with E-state index in [0.29, 0.717) is 13.1 Å². The summed E-state index contributed by atoms with van der Waals surface area (Å²) in [4.78, 5) is 6.03. The Morgan fingerprint density at radius 2 is 2.11 bits per heavy atom. The van der Waals surface area contributed by atoms with Gasteiger partial charge >= 0.3 is 0 Å². The maximum absolute atomic E-state index is 6.07. The number of benzene rings is 1. The van der Waals surface area contributed by atoms with Gasteiger partial charge in [-0.25, -0.2) is 4.99 Å². The minimum absolute atomic E-state index is 0.548. The van der Waals surface area contributed by atoms with Gasteiger partial charge in [0.15, 0.2) is 11.8 Å². The fourth-order valence-corrected chi connectivity index (χ4v) is 3.43. The smallest absolute Gasteiger partial charge is 0.191 e. The molecule has 3 rings (SSSR count). The predicted octanol–water partition coefficient (Wildman–Crippen LogP) is 3.32. The molecule has 1 aromatic carbocycles. The number of hydrogen-bond acceptors (Lipinski definition) is 4. The Morgan fingerprint density at radius 1 is 1.22 bits per heavy atom. The number of nitrogens with zero attached hydrogens (tertiary/aromatic N) is 4. The first kappa shape index (κ1) is 19.4. The van der Waals surface area contributed by atoms with Gasteiger partial charge in [-0.05, 0) is 42.5 Å². The quantitative estimate of drug-likeness (QED) is 0.470. The Kier molecular flexibility index (Phi) is 6.84. The molecule has 3 aromatic rings. The van der Waals surface area contributed by atoms with Crippen molar-refractivity contribution in [1.29, 1.82) is 0 Å². The van der Waals surface area contributed by atoms with Gasteiger partial charge in [0.1, 0.15) is 5.82 Å². The molecule has 2 N–H and O–H groups in total. The summed E-state index contributed by atoms with van der Waals surface area (Å²) in [5.41, 5.74) is 1.07. The van der Waals surface area contributed by atoms with Gasteiger partial charge < -0.3 is 15.2 Å². The lowest BCUT2D eigenvalue weighted by atomic mass is 10.2. The van der Waals surface area contributed by atoms with E-state index in [4.69, 9.17) is 11.6 Å². The number of aromatic nitrogens is 3. The molecule has 0 saturated heterocycles. The van der Waals surface area contributed by atoms with Crippen molar-refractivity contribution < 1.29 is 0 Å². The van der Waals surface area contributed by atoms with Crippen molar-refractivity contribution in [3.05, 3.63) is 68.9 Å². The van der Waals surface area contributed by atoms with Gasteiger partial charge in [0, 0.05) is 23.5 Å². The summed E-state index contributed by atoms with van der Waals surface area (Å²) in [6.07, 6.45) is 0.957. The Labute approximate surface area is 168 Å². The molecule has 8 heteroatoms. The Morgan fingerprint density at radius 3 is 2.81 bits per heavy atom. The summed E-state index contributed by atoms with van der Waals surface area (Å²) in [6, 6.07) is 12.0. The molecule has 0 aliphatic heterocycles. The van der Waals surface area contributed by atoms with Crippen molar-refractivity contribution in [1.82, 2.24) is 25.4 Å². The fourth-order valence-electron chi connectivity index (χ4n) is 2.51. The van der Waals surface area contributed by atoms with Gasteiger partial charge in [-0.1, -0.05) is 29.8 Å². The van der Waals surface area contributed by atoms with E-state index in [-0.39, 0.29) is 0 Å². The van der Waals surface area contributed by atoms with E-state index in [2.05, 4.69) is 43.3 Å². The van der Waals surface area contributed by atoms with Crippen LogP contribution in [0.2, 0.25) is 5.02 Å². The number of aliphatic imine (C=N–C) groups is 1. The van der Waals surface area contributed by atoms with Crippen molar-refractivity contribution >= 4 is 28.9 Å². The van der Waals surface area contributed by atoms with Gasteiger partial charge in [0.25, 0.3) is 0 Å². The molecule has 0 bridgehead atoms. The minimum atomic E-state index is 0.548. The van der Waals surface area contributed by atoms with E-state index in [1.807, 2.05) is 42.8 Å². The second kappa shape index (κ2) is 9.53. The number of guanidine groups is 1. The second-order valence-corrected chi connectivity index (χ2v) is 7.60. The molecule has 0 unspecified atom stereocenters. The average molecular weight is 403 g/mol. The van der Waals surface area contributed by atoms with Crippen LogP contribution in [0.5, 0.6) is 0 Å². The van der Waals surface area contributed by atoms with Crippen molar-refractivity contribution in [2.24, 2.45) is 12.0 Å². The number of thiophene rings is 1. The van der Waals surface area contributed by atoms with E-state index in [0.717, 1.165) is 41.2 Å². The van der Waals surface area contributed by atoms with Crippen molar-refractivity contribution in [2.75, 3.05) is 6.54 Å². The van der Waals surface area contributed by atoms with Crippen LogP contribution in [0.15, 0.2) is 46.8 Å². The van der Waals surface area contributed by atoms with Gasteiger partial charge in [-0.3, -0.25) is 0 Å². The highest BCUT2D eigenvalue weighted by atomic mass is 35.5. The molecule has 0 aliphatic rings. The van der Waals surface area contributed by atoms with Crippen LogP contribution in [0.4, 0.5) is 0 Å². The summed E-state index contributed by atoms with van der Waals surface area (Å²) < 4.78 is 1.97. The lowest BCUT2D eigenvalue weighted by Crippen LogP contribution is -2.38. The highest BCUT2D eigenvalue weighted by Gasteiger charge is 2.06. The molecule has 0 aliphatic carbocycles. The molecule has 6 nitrogen and oxygen atoms in total. The van der Waals surface area contributed by atoms with Crippen molar-refractivity contribution in [2.45, 2.75) is 26.4 Å². The first-order valence-electron chi connectivity index (χ1n) is 8.75. The van der Waals surface area contributed by atoms with E-state index in [1.54, 1.807) is 11.3 Å². The normalized spacial score (nSPS) is 11.6. The lowest BCUT2D eigenvalue weighted by molar-refractivity contribution is 0.713. The van der Waals surface area contributed by atoms with Gasteiger partial charge in [-0.15, -0.1) is 21.5 Å². The molecular formula is C19H23ClN6S. The topological polar surface area (TPSA) is 67.1 Å². The van der Waals surface area contributed by atoms with E-state index in [1.165, 1.54) is 4.88 Å². The molecule has 2 aromatic heterocycles. The Bertz CT molecular complexity index is 888. The van der Waals surface area contributed by atoms with E-state index >= 15 is 0 Å². The maximum atomic E-state index is 6.07. The molecular weight excluding hydrogens is 380 g/mol. The van der Waals surface area contributed by atoms with Gasteiger partial charge in [0.05, 0.1) is 13.1 Å². The van der Waals surface area contributed by atoms with Crippen LogP contribution in [-0.4, -0.2) is 27.3 Å². The van der Waals surface area contributed by atoms with Crippen molar-refractivity contribution in [3.8, 4) is 0 Å². The number of aryl methyl sites for hydroxylation is 1. The first-order valence-corrected chi connectivity index (χ1v) is 10.0. The zero-order valence-electron chi connectivity index (χ0n) is 15.4. The van der Waals surface area contributed by atoms with Crippen LogP contribution in [0.25, 0.3) is 0 Å². The molecule has 0 spiro atoms. The molecule has 0 saturated carbocycles. The molecule has 0 amide bonds. The zero-order chi connectivity index (χ0) is 19.1. The SMILES string of the molecule is Cc1nnc(CNC(=NCc2cccc(Cl)c2)NCCc2cccs2)n1C. The summed E-state index contributed by atoms with van der Waals surface area (Å²) in [6.45, 7) is 3.84. The minimum Gasteiger partial charge on any atom is -0.356 e. The van der Waals surface area contributed by atoms with Crippen LogP contribution in [-0.2, 0) is 26.6 Å². The van der Waals surface area contributed by atoms with Crippen LogP contribution < -0.4 is 10.6 Å². The molecule has 27 heavy (non-hydrogen) atoms. The fraction of sp³-hybridized carbons (Fsp3) is 0.316. The summed E-state index contributed by atoms with van der Waals surface area (Å²) >= 11 is 7.83. The Balaban J connectivity index is 1.63. The molecule has 2 heterocycles. The molecule has 0 fully saturated rings. The standard InChI is InChI=1S/C19H23ClN6S/c1-14-24-25-18(26(14)2)13-23-19(21-9-8-17-7-4-10-27-17)22-12-15-5-3-6-16(20)11-15/h3-7,10-11H,8-9,12-13H2,1-2H3,(H2,21,22,23). The number of hydrogen-bond donors (Lipinski definition) is 2. The second-order valence-electron chi connectivity index (χ2n) is 6.13. The summed E-state index contributed by atoms with van der Waals surface area (Å²) in [7, 11) is 1.96. The largest absolute Gasteiger partial charge is 0.356 e. The number of halogens is 1. The van der Waals surface area contributed by atoms with Crippen LogP contribution in [0, 0.1) is 6.92 Å². The first-order chi connectivity index (χ1) is 13.1. The summed E-state index contributed by atoms with van der Waals surface area (Å²) in [5, 5.41) is 17.8. The third-order valence-corrected chi connectivity index (χ3v) is 5.32. The number of rotatable bonds is 7. The Hall–Kier alpha value is -2.38. The van der Waals surface area contributed by atoms with Crippen LogP contribution >= 0.6 is 22.9 Å². The van der Waals surface area contributed by atoms with E-state index in [9.17, 15) is 0 Å². The highest BCUT2D eigenvalue weighted by molar-refractivity contribution is 7.09. The summed E-state index contributed by atoms with van der Waals surface area (Å²) in [5.74, 6) is 2.49. The molecule has 0 radical (unpaired) electrons. The van der Waals surface area contributed by atoms with E-state index < -0.39 is 0 Å². The highest BCUT2D eigenvalue weighted by Crippen LogP contribution is 2.11. The van der Waals surface area contributed by atoms with Gasteiger partial charge in [0.2, 0.25) is 0 Å². The average Bonchev–Trinajstić information content (AvgIpc) is 3.28. The third-order valence-electron chi connectivity index (χ3n) is 4.15. The third kappa shape index (κ3) is 5.80. The molecule has 0 atom stereocenters. The number of nitrogens with one attached hydrogen (secondary N) is 2. The molecule has 142 valence electrons. The monoisotopic (exact) mass is 402 g/mol. The zero-order valence-corrected chi connectivity index (χ0v) is 17.0. The predicted molar refractivity (Wildman–Crippen MR) is 111 cm³/mol. The van der Waals surface area contributed by atoms with Gasteiger partial charge in [-0.2, -0.15) is 0 Å². The van der Waals surface area contributed by atoms with Crippen LogP contribution in [0.3, 0.4) is 0 Å². The van der Waals surface area contributed by atoms with Crippen LogP contribution in [0.1, 0.15) is 22.1 Å². The van der Waals surface area contributed by atoms with Crippen molar-refractivity contribution in [3.63, 3.8) is 0 Å². The maximum Gasteiger partial charge on any atom is 0.191 e.